The van der Waals surface area contributed by atoms with Crippen molar-refractivity contribution in [1.82, 2.24) is 0 Å². The van der Waals surface area contributed by atoms with Crippen molar-refractivity contribution >= 4 is 17.3 Å². The molecule has 1 rings (SSSR count). The number of esters is 1. The Balaban J connectivity index is 3.05. The maximum atomic E-state index is 12.3. The van der Waals surface area contributed by atoms with Crippen LogP contribution in [0.5, 0.6) is 0 Å². The number of para-hydroxylation sites is 1. The Labute approximate surface area is 98.0 Å². The van der Waals surface area contributed by atoms with Crippen molar-refractivity contribution in [3.63, 3.8) is 0 Å². The van der Waals surface area contributed by atoms with Crippen molar-refractivity contribution in [2.75, 3.05) is 31.3 Å². The summed E-state index contributed by atoms with van der Waals surface area (Å²) < 4.78 is 29.1. The second kappa shape index (κ2) is 5.47. The van der Waals surface area contributed by atoms with E-state index in [1.165, 1.54) is 25.1 Å². The van der Waals surface area contributed by atoms with Crippen LogP contribution in [0.1, 0.15) is 10.4 Å². The molecule has 0 saturated heterocycles. The average molecular weight is 244 g/mol. The molecule has 0 aromatic heterocycles. The fourth-order valence-corrected chi connectivity index (χ4v) is 1.48. The fraction of sp³-hybridized carbons (Fsp3) is 0.364. The first-order chi connectivity index (χ1) is 7.97. The largest absolute Gasteiger partial charge is 0.465 e. The van der Waals surface area contributed by atoms with Crippen LogP contribution in [-0.4, -0.2) is 33.1 Å². The smallest absolute Gasteiger partial charge is 0.340 e. The monoisotopic (exact) mass is 244 g/mol. The van der Waals surface area contributed by atoms with Crippen molar-refractivity contribution < 1.29 is 18.3 Å². The van der Waals surface area contributed by atoms with Crippen LogP contribution in [-0.2, 0) is 4.74 Å². The molecule has 0 aliphatic carbocycles. The summed E-state index contributed by atoms with van der Waals surface area (Å²) in [6.45, 7) is -0.450. The normalized spacial score (nSPS) is 10.4. The number of carbonyl (C=O) groups is 1. The van der Waals surface area contributed by atoms with Gasteiger partial charge in [-0.25, -0.2) is 13.6 Å². The molecule has 0 bridgehead atoms. The second-order valence-corrected chi connectivity index (χ2v) is 3.50. The summed E-state index contributed by atoms with van der Waals surface area (Å²) >= 11 is 0. The summed E-state index contributed by atoms with van der Waals surface area (Å²) in [6, 6.07) is 4.63. The molecule has 0 unspecified atom stereocenters. The van der Waals surface area contributed by atoms with E-state index in [1.807, 2.05) is 0 Å². The average Bonchev–Trinajstić information content (AvgIpc) is 2.27. The first-order valence-corrected chi connectivity index (χ1v) is 4.93. The highest BCUT2D eigenvalue weighted by Gasteiger charge is 2.16. The van der Waals surface area contributed by atoms with Gasteiger partial charge in [0.2, 0.25) is 0 Å². The Hall–Kier alpha value is -1.85. The van der Waals surface area contributed by atoms with Crippen molar-refractivity contribution in [3.8, 4) is 0 Å². The summed E-state index contributed by atoms with van der Waals surface area (Å²) in [5, 5.41) is 0. The molecule has 2 N–H and O–H groups in total. The zero-order valence-corrected chi connectivity index (χ0v) is 9.61. The van der Waals surface area contributed by atoms with Gasteiger partial charge in [0.15, 0.2) is 0 Å². The van der Waals surface area contributed by atoms with Gasteiger partial charge in [-0.3, -0.25) is 0 Å². The quantitative estimate of drug-likeness (QED) is 0.647. The van der Waals surface area contributed by atoms with E-state index in [0.29, 0.717) is 5.69 Å². The highest BCUT2D eigenvalue weighted by Crippen LogP contribution is 2.26. The summed E-state index contributed by atoms with van der Waals surface area (Å²) in [5.41, 5.74) is 6.45. The maximum absolute atomic E-state index is 12.3. The number of nitrogens with two attached hydrogens (primary N) is 1. The predicted molar refractivity (Wildman–Crippen MR) is 61.5 cm³/mol. The van der Waals surface area contributed by atoms with E-state index in [9.17, 15) is 13.6 Å². The first kappa shape index (κ1) is 13.2. The van der Waals surface area contributed by atoms with Gasteiger partial charge in [0, 0.05) is 7.05 Å². The Morgan fingerprint density at radius 2 is 2.18 bits per heavy atom. The van der Waals surface area contributed by atoms with Crippen LogP contribution < -0.4 is 10.6 Å². The third-order valence-electron chi connectivity index (χ3n) is 2.31. The Kier molecular flexibility index (Phi) is 4.25. The zero-order valence-electron chi connectivity index (χ0n) is 9.61. The predicted octanol–water partition coefficient (Wildman–Crippen LogP) is 1.76. The van der Waals surface area contributed by atoms with Crippen LogP contribution in [0.25, 0.3) is 0 Å². The van der Waals surface area contributed by atoms with E-state index in [1.54, 1.807) is 12.1 Å². The van der Waals surface area contributed by atoms with Gasteiger partial charge in [0.05, 0.1) is 30.6 Å². The van der Waals surface area contributed by atoms with E-state index in [0.717, 1.165) is 0 Å². The molecule has 0 spiro atoms. The number of alkyl halides is 2. The number of ether oxygens (including phenoxy) is 1. The molecular formula is C11H14F2N2O2. The number of carbonyl (C=O) groups excluding carboxylic acids is 1. The number of anilines is 2. The molecule has 0 aliphatic heterocycles. The number of nitrogen functional groups attached to an aromatic ring is 1. The lowest BCUT2D eigenvalue weighted by molar-refractivity contribution is 0.0602. The van der Waals surface area contributed by atoms with Gasteiger partial charge in [-0.2, -0.15) is 0 Å². The van der Waals surface area contributed by atoms with Gasteiger partial charge >= 0.3 is 5.97 Å². The molecule has 0 radical (unpaired) electrons. The molecular weight excluding hydrogens is 230 g/mol. The first-order valence-electron chi connectivity index (χ1n) is 4.93. The van der Waals surface area contributed by atoms with Crippen molar-refractivity contribution in [2.45, 2.75) is 6.43 Å². The van der Waals surface area contributed by atoms with Gasteiger partial charge in [-0.05, 0) is 12.1 Å². The molecule has 6 heteroatoms. The molecule has 0 heterocycles. The SMILES string of the molecule is COC(=O)c1cccc(N(C)CC(F)F)c1N. The molecule has 0 aliphatic rings. The minimum atomic E-state index is -2.47. The van der Waals surface area contributed by atoms with E-state index < -0.39 is 18.9 Å². The summed E-state index contributed by atoms with van der Waals surface area (Å²) in [5.74, 6) is -0.588. The minimum Gasteiger partial charge on any atom is -0.465 e. The van der Waals surface area contributed by atoms with Crippen molar-refractivity contribution in [2.24, 2.45) is 0 Å². The second-order valence-electron chi connectivity index (χ2n) is 3.50. The van der Waals surface area contributed by atoms with E-state index in [-0.39, 0.29) is 11.3 Å². The summed E-state index contributed by atoms with van der Waals surface area (Å²) in [4.78, 5) is 12.7. The van der Waals surface area contributed by atoms with Crippen LogP contribution in [0, 0.1) is 0 Å². The number of benzene rings is 1. The van der Waals surface area contributed by atoms with Crippen LogP contribution in [0.4, 0.5) is 20.2 Å². The van der Waals surface area contributed by atoms with E-state index in [2.05, 4.69) is 4.74 Å². The van der Waals surface area contributed by atoms with Gasteiger partial charge in [-0.1, -0.05) is 6.07 Å². The van der Waals surface area contributed by atoms with Gasteiger partial charge in [0.25, 0.3) is 6.43 Å². The highest BCUT2D eigenvalue weighted by molar-refractivity contribution is 5.98. The van der Waals surface area contributed by atoms with Crippen LogP contribution in [0.3, 0.4) is 0 Å². The van der Waals surface area contributed by atoms with E-state index >= 15 is 0 Å². The molecule has 94 valence electrons. The Bertz CT molecular complexity index is 410. The molecule has 1 aromatic rings. The van der Waals surface area contributed by atoms with Crippen LogP contribution >= 0.6 is 0 Å². The lowest BCUT2D eigenvalue weighted by Crippen LogP contribution is -2.25. The minimum absolute atomic E-state index is 0.141. The highest BCUT2D eigenvalue weighted by atomic mass is 19.3. The lowest BCUT2D eigenvalue weighted by Gasteiger charge is -2.21. The van der Waals surface area contributed by atoms with Crippen molar-refractivity contribution in [1.29, 1.82) is 0 Å². The molecule has 0 fully saturated rings. The van der Waals surface area contributed by atoms with Crippen LogP contribution in [0.2, 0.25) is 0 Å². The number of hydrogen-bond acceptors (Lipinski definition) is 4. The Morgan fingerprint density at radius 3 is 2.71 bits per heavy atom. The lowest BCUT2D eigenvalue weighted by atomic mass is 10.1. The fourth-order valence-electron chi connectivity index (χ4n) is 1.48. The summed E-state index contributed by atoms with van der Waals surface area (Å²) in [6.07, 6.45) is -2.47. The van der Waals surface area contributed by atoms with Crippen LogP contribution in [0.15, 0.2) is 18.2 Å². The topological polar surface area (TPSA) is 55.6 Å². The molecule has 4 nitrogen and oxygen atoms in total. The van der Waals surface area contributed by atoms with Gasteiger partial charge in [-0.15, -0.1) is 0 Å². The Morgan fingerprint density at radius 1 is 1.53 bits per heavy atom. The molecule has 0 saturated carbocycles. The standard InChI is InChI=1S/C11H14F2N2O2/c1-15(6-9(12)13)8-5-3-4-7(10(8)14)11(16)17-2/h3-5,9H,6,14H2,1-2H3. The number of nitrogens with zero attached hydrogens (tertiary/aromatic N) is 1. The van der Waals surface area contributed by atoms with Crippen molar-refractivity contribution in [3.05, 3.63) is 23.8 Å². The third kappa shape index (κ3) is 3.05. The number of methoxy groups -OCH3 is 1. The third-order valence-corrected chi connectivity index (χ3v) is 2.31. The van der Waals surface area contributed by atoms with Gasteiger partial charge < -0.3 is 15.4 Å². The molecule has 17 heavy (non-hydrogen) atoms. The number of rotatable bonds is 4. The van der Waals surface area contributed by atoms with Gasteiger partial charge in [0.1, 0.15) is 0 Å². The zero-order chi connectivity index (χ0) is 13.0. The molecule has 1 aromatic carbocycles. The number of halogens is 2. The molecule has 0 atom stereocenters. The maximum Gasteiger partial charge on any atom is 0.340 e. The summed E-state index contributed by atoms with van der Waals surface area (Å²) in [7, 11) is 2.72. The number of hydrogen-bond donors (Lipinski definition) is 1. The van der Waals surface area contributed by atoms with E-state index in [4.69, 9.17) is 5.73 Å². The molecule has 0 amide bonds.